The maximum absolute atomic E-state index is 9.21. The first-order chi connectivity index (χ1) is 8.67. The van der Waals surface area contributed by atoms with E-state index in [4.69, 9.17) is 10.5 Å². The van der Waals surface area contributed by atoms with Crippen LogP contribution in [0.4, 0.5) is 11.6 Å². The highest BCUT2D eigenvalue weighted by molar-refractivity contribution is 5.44. The van der Waals surface area contributed by atoms with Crippen molar-refractivity contribution in [3.63, 3.8) is 0 Å². The normalized spacial score (nSPS) is 22.6. The summed E-state index contributed by atoms with van der Waals surface area (Å²) in [5, 5.41) is 12.4. The molecule has 0 atom stereocenters. The summed E-state index contributed by atoms with van der Waals surface area (Å²) in [6, 6.07) is 1.71. The standard InChI is InChI=1S/C12H20N4O2/c1-2-18-7-12-15-10(13)5-11(16-12)14-6-8-3-9(17)4-8/h5,8-9,17H,2-4,6-7H2,1H3,(H3,13,14,15,16). The zero-order valence-electron chi connectivity index (χ0n) is 10.6. The molecule has 1 aliphatic rings. The van der Waals surface area contributed by atoms with E-state index in [1.165, 1.54) is 0 Å². The fourth-order valence-corrected chi connectivity index (χ4v) is 1.98. The second-order valence-corrected chi connectivity index (χ2v) is 4.60. The molecule has 1 fully saturated rings. The molecule has 0 aliphatic heterocycles. The highest BCUT2D eigenvalue weighted by Crippen LogP contribution is 2.27. The van der Waals surface area contributed by atoms with Crippen LogP contribution in [0.25, 0.3) is 0 Å². The predicted molar refractivity (Wildman–Crippen MR) is 69.0 cm³/mol. The fraction of sp³-hybridized carbons (Fsp3) is 0.667. The summed E-state index contributed by atoms with van der Waals surface area (Å²) in [7, 11) is 0. The summed E-state index contributed by atoms with van der Waals surface area (Å²) >= 11 is 0. The van der Waals surface area contributed by atoms with Crippen LogP contribution in [0.3, 0.4) is 0 Å². The van der Waals surface area contributed by atoms with Crippen molar-refractivity contribution in [3.8, 4) is 0 Å². The van der Waals surface area contributed by atoms with Crippen molar-refractivity contribution < 1.29 is 9.84 Å². The van der Waals surface area contributed by atoms with E-state index in [0.717, 1.165) is 25.2 Å². The minimum Gasteiger partial charge on any atom is -0.393 e. The molecule has 0 saturated heterocycles. The number of nitrogens with two attached hydrogens (primary N) is 1. The van der Waals surface area contributed by atoms with Gasteiger partial charge >= 0.3 is 0 Å². The number of rotatable bonds is 6. The van der Waals surface area contributed by atoms with Gasteiger partial charge in [-0.2, -0.15) is 0 Å². The lowest BCUT2D eigenvalue weighted by molar-refractivity contribution is 0.0486. The quantitative estimate of drug-likeness (QED) is 0.692. The summed E-state index contributed by atoms with van der Waals surface area (Å²) in [4.78, 5) is 8.44. The van der Waals surface area contributed by atoms with Crippen molar-refractivity contribution in [2.24, 2.45) is 5.92 Å². The summed E-state index contributed by atoms with van der Waals surface area (Å²) in [5.41, 5.74) is 5.72. The number of ether oxygens (including phenoxy) is 1. The summed E-state index contributed by atoms with van der Waals surface area (Å²) in [5.74, 6) is 2.27. The van der Waals surface area contributed by atoms with Crippen LogP contribution in [0.2, 0.25) is 0 Å². The topological polar surface area (TPSA) is 93.3 Å². The lowest BCUT2D eigenvalue weighted by atomic mass is 9.82. The van der Waals surface area contributed by atoms with Crippen LogP contribution in [0, 0.1) is 5.92 Å². The van der Waals surface area contributed by atoms with Gasteiger partial charge in [-0.15, -0.1) is 0 Å². The Morgan fingerprint density at radius 2 is 2.28 bits per heavy atom. The second kappa shape index (κ2) is 5.97. The van der Waals surface area contributed by atoms with Gasteiger partial charge in [-0.3, -0.25) is 0 Å². The Labute approximate surface area is 107 Å². The highest BCUT2D eigenvalue weighted by atomic mass is 16.5. The largest absolute Gasteiger partial charge is 0.393 e. The molecule has 0 spiro atoms. The fourth-order valence-electron chi connectivity index (χ4n) is 1.98. The molecule has 4 N–H and O–H groups in total. The third-order valence-corrected chi connectivity index (χ3v) is 3.01. The highest BCUT2D eigenvalue weighted by Gasteiger charge is 2.26. The van der Waals surface area contributed by atoms with E-state index in [9.17, 15) is 5.11 Å². The first-order valence-corrected chi connectivity index (χ1v) is 6.30. The van der Waals surface area contributed by atoms with E-state index in [1.807, 2.05) is 6.92 Å². The Bertz CT molecular complexity index is 394. The molecule has 6 heteroatoms. The van der Waals surface area contributed by atoms with Crippen LogP contribution in [-0.2, 0) is 11.3 Å². The van der Waals surface area contributed by atoms with E-state index in [-0.39, 0.29) is 6.10 Å². The molecule has 1 aromatic heterocycles. The zero-order chi connectivity index (χ0) is 13.0. The number of nitrogens with zero attached hydrogens (tertiary/aromatic N) is 2. The number of nitrogens with one attached hydrogen (secondary N) is 1. The van der Waals surface area contributed by atoms with Gasteiger partial charge in [-0.05, 0) is 25.7 Å². The second-order valence-electron chi connectivity index (χ2n) is 4.60. The Morgan fingerprint density at radius 1 is 1.50 bits per heavy atom. The van der Waals surface area contributed by atoms with Crippen molar-refractivity contribution in [1.82, 2.24) is 9.97 Å². The van der Waals surface area contributed by atoms with Gasteiger partial charge in [0.25, 0.3) is 0 Å². The molecule has 0 aromatic carbocycles. The van der Waals surface area contributed by atoms with E-state index < -0.39 is 0 Å². The number of anilines is 2. The minimum absolute atomic E-state index is 0.124. The third kappa shape index (κ3) is 3.54. The first kappa shape index (κ1) is 13.0. The molecular formula is C12H20N4O2. The van der Waals surface area contributed by atoms with E-state index >= 15 is 0 Å². The molecule has 0 unspecified atom stereocenters. The summed E-state index contributed by atoms with van der Waals surface area (Å²) < 4.78 is 5.26. The van der Waals surface area contributed by atoms with Crippen molar-refractivity contribution >= 4 is 11.6 Å². The number of aliphatic hydroxyl groups excluding tert-OH is 1. The summed E-state index contributed by atoms with van der Waals surface area (Å²) in [6.45, 7) is 3.73. The lowest BCUT2D eigenvalue weighted by Crippen LogP contribution is -2.33. The molecule has 0 amide bonds. The average molecular weight is 252 g/mol. The van der Waals surface area contributed by atoms with E-state index in [1.54, 1.807) is 6.07 Å². The SMILES string of the molecule is CCOCc1nc(N)cc(NCC2CC(O)C2)n1. The number of aliphatic hydroxyl groups is 1. The first-order valence-electron chi connectivity index (χ1n) is 6.30. The molecule has 100 valence electrons. The average Bonchev–Trinajstić information content (AvgIpc) is 2.30. The van der Waals surface area contributed by atoms with Gasteiger partial charge in [0, 0.05) is 19.2 Å². The Kier molecular flexibility index (Phi) is 4.33. The van der Waals surface area contributed by atoms with Gasteiger partial charge in [0.1, 0.15) is 18.2 Å². The van der Waals surface area contributed by atoms with Crippen LogP contribution >= 0.6 is 0 Å². The maximum atomic E-state index is 9.21. The van der Waals surface area contributed by atoms with Crippen LogP contribution in [0.1, 0.15) is 25.6 Å². The molecule has 1 aliphatic carbocycles. The smallest absolute Gasteiger partial charge is 0.158 e. The molecule has 1 heterocycles. The molecule has 2 rings (SSSR count). The van der Waals surface area contributed by atoms with Gasteiger partial charge in [0.2, 0.25) is 0 Å². The third-order valence-electron chi connectivity index (χ3n) is 3.01. The predicted octanol–water partition coefficient (Wildman–Crippen LogP) is 0.778. The molecule has 18 heavy (non-hydrogen) atoms. The molecule has 6 nitrogen and oxygen atoms in total. The molecule has 1 aromatic rings. The number of nitrogen functional groups attached to an aromatic ring is 1. The molecule has 1 saturated carbocycles. The lowest BCUT2D eigenvalue weighted by Gasteiger charge is -2.31. The van der Waals surface area contributed by atoms with Gasteiger partial charge in [0.05, 0.1) is 6.10 Å². The number of aromatic nitrogens is 2. The van der Waals surface area contributed by atoms with Gasteiger partial charge in [-0.1, -0.05) is 0 Å². The molecule has 0 radical (unpaired) electrons. The summed E-state index contributed by atoms with van der Waals surface area (Å²) in [6.07, 6.45) is 1.60. The van der Waals surface area contributed by atoms with Gasteiger partial charge in [0.15, 0.2) is 5.82 Å². The number of hydrogen-bond acceptors (Lipinski definition) is 6. The van der Waals surface area contributed by atoms with Gasteiger partial charge < -0.3 is 20.9 Å². The monoisotopic (exact) mass is 252 g/mol. The maximum Gasteiger partial charge on any atom is 0.158 e. The van der Waals surface area contributed by atoms with Crippen molar-refractivity contribution in [3.05, 3.63) is 11.9 Å². The van der Waals surface area contributed by atoms with Crippen LogP contribution in [-0.4, -0.2) is 34.3 Å². The van der Waals surface area contributed by atoms with Gasteiger partial charge in [-0.25, -0.2) is 9.97 Å². The Balaban J connectivity index is 1.88. The molecule has 0 bridgehead atoms. The molecular weight excluding hydrogens is 232 g/mol. The van der Waals surface area contributed by atoms with Crippen LogP contribution in [0.15, 0.2) is 6.07 Å². The Hall–Kier alpha value is -1.40. The number of hydrogen-bond donors (Lipinski definition) is 3. The van der Waals surface area contributed by atoms with Crippen molar-refractivity contribution in [2.45, 2.75) is 32.5 Å². The van der Waals surface area contributed by atoms with E-state index in [2.05, 4.69) is 15.3 Å². The minimum atomic E-state index is -0.124. The zero-order valence-corrected chi connectivity index (χ0v) is 10.6. The van der Waals surface area contributed by atoms with Crippen molar-refractivity contribution in [1.29, 1.82) is 0 Å². The van der Waals surface area contributed by atoms with Crippen molar-refractivity contribution in [2.75, 3.05) is 24.2 Å². The van der Waals surface area contributed by atoms with Crippen LogP contribution < -0.4 is 11.1 Å². The van der Waals surface area contributed by atoms with E-state index in [0.29, 0.717) is 30.8 Å². The Morgan fingerprint density at radius 3 is 2.94 bits per heavy atom. The van der Waals surface area contributed by atoms with Crippen LogP contribution in [0.5, 0.6) is 0 Å².